The quantitative estimate of drug-likeness (QED) is 0.532. The Bertz CT molecular complexity index is 906. The SMILES string of the molecule is Cc1nc2ccccc2n1-c1cc(C#N)ccc1[N+](=O)[O-]. The molecule has 0 atom stereocenters. The maximum atomic E-state index is 11.3. The molecule has 0 amide bonds. The van der Waals surface area contributed by atoms with Gasteiger partial charge in [0.05, 0.1) is 27.6 Å². The van der Waals surface area contributed by atoms with Gasteiger partial charge in [0.2, 0.25) is 0 Å². The van der Waals surface area contributed by atoms with E-state index in [4.69, 9.17) is 5.26 Å². The minimum atomic E-state index is -0.454. The zero-order valence-electron chi connectivity index (χ0n) is 11.1. The molecule has 102 valence electrons. The first-order valence-corrected chi connectivity index (χ1v) is 6.25. The molecule has 0 aliphatic heterocycles. The van der Waals surface area contributed by atoms with Crippen LogP contribution in [0.3, 0.4) is 0 Å². The number of hydrogen-bond donors (Lipinski definition) is 0. The van der Waals surface area contributed by atoms with Crippen LogP contribution in [0.15, 0.2) is 42.5 Å². The summed E-state index contributed by atoms with van der Waals surface area (Å²) in [5.41, 5.74) is 2.19. The lowest BCUT2D eigenvalue weighted by Gasteiger charge is -2.08. The Kier molecular flexibility index (Phi) is 2.88. The second-order valence-electron chi connectivity index (χ2n) is 4.56. The van der Waals surface area contributed by atoms with Gasteiger partial charge in [-0.1, -0.05) is 12.1 Å². The van der Waals surface area contributed by atoms with Crippen molar-refractivity contribution in [3.63, 3.8) is 0 Å². The standard InChI is InChI=1S/C15H10N4O2/c1-10-17-12-4-2-3-5-13(12)18(10)15-8-11(9-16)6-7-14(15)19(20)21/h2-8H,1H3. The van der Waals surface area contributed by atoms with Crippen LogP contribution in [0.4, 0.5) is 5.69 Å². The summed E-state index contributed by atoms with van der Waals surface area (Å²) in [6, 6.07) is 13.7. The van der Waals surface area contributed by atoms with Crippen molar-refractivity contribution >= 4 is 16.7 Å². The number of aryl methyl sites for hydroxylation is 1. The van der Waals surface area contributed by atoms with Gasteiger partial charge in [-0.25, -0.2) is 4.98 Å². The first kappa shape index (κ1) is 12.8. The van der Waals surface area contributed by atoms with Crippen molar-refractivity contribution < 1.29 is 4.92 Å². The average Bonchev–Trinajstić information content (AvgIpc) is 2.82. The van der Waals surface area contributed by atoms with Crippen LogP contribution < -0.4 is 0 Å². The van der Waals surface area contributed by atoms with Crippen LogP contribution in [0.2, 0.25) is 0 Å². The number of para-hydroxylation sites is 2. The summed E-state index contributed by atoms with van der Waals surface area (Å²) in [5.74, 6) is 0.634. The van der Waals surface area contributed by atoms with Gasteiger partial charge in [0.25, 0.3) is 5.69 Å². The minimum absolute atomic E-state index is 0.0553. The molecule has 0 N–H and O–H groups in total. The van der Waals surface area contributed by atoms with Crippen LogP contribution in [0.5, 0.6) is 0 Å². The van der Waals surface area contributed by atoms with Gasteiger partial charge in [-0.15, -0.1) is 0 Å². The summed E-state index contributed by atoms with van der Waals surface area (Å²) in [6.07, 6.45) is 0. The molecule has 1 heterocycles. The van der Waals surface area contributed by atoms with Crippen LogP contribution in [-0.4, -0.2) is 14.5 Å². The van der Waals surface area contributed by atoms with Crippen LogP contribution in [0.25, 0.3) is 16.7 Å². The van der Waals surface area contributed by atoms with Gasteiger partial charge in [-0.05, 0) is 31.2 Å². The number of nitriles is 1. The summed E-state index contributed by atoms with van der Waals surface area (Å²) >= 11 is 0. The lowest BCUT2D eigenvalue weighted by atomic mass is 10.1. The van der Waals surface area contributed by atoms with Crippen molar-refractivity contribution in [3.8, 4) is 11.8 Å². The molecular weight excluding hydrogens is 268 g/mol. The van der Waals surface area contributed by atoms with Crippen molar-refractivity contribution in [3.05, 3.63) is 64.0 Å². The number of nitro groups is 1. The maximum Gasteiger partial charge on any atom is 0.293 e. The fourth-order valence-electron chi connectivity index (χ4n) is 2.38. The van der Waals surface area contributed by atoms with Crippen LogP contribution in [-0.2, 0) is 0 Å². The number of nitrogens with zero attached hydrogens (tertiary/aromatic N) is 4. The summed E-state index contributed by atoms with van der Waals surface area (Å²) < 4.78 is 1.70. The van der Waals surface area contributed by atoms with Crippen molar-refractivity contribution in [2.24, 2.45) is 0 Å². The van der Waals surface area contributed by atoms with E-state index in [0.29, 0.717) is 17.1 Å². The number of imidazole rings is 1. The molecule has 0 spiro atoms. The van der Waals surface area contributed by atoms with E-state index in [1.165, 1.54) is 18.2 Å². The van der Waals surface area contributed by atoms with E-state index in [-0.39, 0.29) is 5.69 Å². The van der Waals surface area contributed by atoms with Crippen molar-refractivity contribution in [1.82, 2.24) is 9.55 Å². The molecule has 0 fully saturated rings. The monoisotopic (exact) mass is 278 g/mol. The normalized spacial score (nSPS) is 10.5. The molecule has 3 aromatic rings. The number of rotatable bonds is 2. The lowest BCUT2D eigenvalue weighted by molar-refractivity contribution is -0.384. The maximum absolute atomic E-state index is 11.3. The van der Waals surface area contributed by atoms with E-state index in [1.54, 1.807) is 11.5 Å². The largest absolute Gasteiger partial charge is 0.293 e. The molecule has 0 saturated heterocycles. The smallest absolute Gasteiger partial charge is 0.290 e. The van der Waals surface area contributed by atoms with Crippen LogP contribution in [0.1, 0.15) is 11.4 Å². The Morgan fingerprint density at radius 3 is 2.76 bits per heavy atom. The number of fused-ring (bicyclic) bond motifs is 1. The van der Waals surface area contributed by atoms with E-state index >= 15 is 0 Å². The number of benzene rings is 2. The molecule has 21 heavy (non-hydrogen) atoms. The van der Waals surface area contributed by atoms with E-state index in [2.05, 4.69) is 4.98 Å². The number of hydrogen-bond acceptors (Lipinski definition) is 4. The highest BCUT2D eigenvalue weighted by Gasteiger charge is 2.19. The molecule has 0 aliphatic carbocycles. The Morgan fingerprint density at radius 2 is 2.05 bits per heavy atom. The first-order chi connectivity index (χ1) is 10.1. The molecule has 3 rings (SSSR count). The zero-order valence-corrected chi connectivity index (χ0v) is 11.1. The van der Waals surface area contributed by atoms with E-state index in [0.717, 1.165) is 11.0 Å². The number of aromatic nitrogens is 2. The van der Waals surface area contributed by atoms with Crippen LogP contribution >= 0.6 is 0 Å². The highest BCUT2D eigenvalue weighted by molar-refractivity contribution is 5.79. The predicted octanol–water partition coefficient (Wildman–Crippen LogP) is 3.11. The van der Waals surface area contributed by atoms with E-state index in [1.807, 2.05) is 30.3 Å². The molecule has 2 aromatic carbocycles. The van der Waals surface area contributed by atoms with E-state index < -0.39 is 4.92 Å². The molecular formula is C15H10N4O2. The van der Waals surface area contributed by atoms with Gasteiger partial charge in [-0.2, -0.15) is 5.26 Å². The summed E-state index contributed by atoms with van der Waals surface area (Å²) in [6.45, 7) is 1.78. The highest BCUT2D eigenvalue weighted by atomic mass is 16.6. The highest BCUT2D eigenvalue weighted by Crippen LogP contribution is 2.29. The Labute approximate surface area is 120 Å². The van der Waals surface area contributed by atoms with Crippen molar-refractivity contribution in [1.29, 1.82) is 5.26 Å². The second-order valence-corrected chi connectivity index (χ2v) is 4.56. The lowest BCUT2D eigenvalue weighted by Crippen LogP contribution is -2.02. The molecule has 0 radical (unpaired) electrons. The van der Waals surface area contributed by atoms with Gasteiger partial charge < -0.3 is 0 Å². The predicted molar refractivity (Wildman–Crippen MR) is 77.2 cm³/mol. The third-order valence-electron chi connectivity index (χ3n) is 3.27. The summed E-state index contributed by atoms with van der Waals surface area (Å²) in [5, 5.41) is 20.3. The van der Waals surface area contributed by atoms with Crippen LogP contribution in [0, 0.1) is 28.4 Å². The molecule has 6 nitrogen and oxygen atoms in total. The van der Waals surface area contributed by atoms with Crippen molar-refractivity contribution in [2.75, 3.05) is 0 Å². The molecule has 0 aliphatic rings. The summed E-state index contributed by atoms with van der Waals surface area (Å²) in [7, 11) is 0. The topological polar surface area (TPSA) is 84.8 Å². The zero-order chi connectivity index (χ0) is 15.0. The first-order valence-electron chi connectivity index (χ1n) is 6.25. The number of nitro benzene ring substituents is 1. The second kappa shape index (κ2) is 4.72. The molecule has 1 aromatic heterocycles. The van der Waals surface area contributed by atoms with Gasteiger partial charge in [0.1, 0.15) is 11.5 Å². The minimum Gasteiger partial charge on any atom is -0.290 e. The third kappa shape index (κ3) is 2.01. The Balaban J connectivity index is 2.39. The van der Waals surface area contributed by atoms with Gasteiger partial charge >= 0.3 is 0 Å². The fourth-order valence-corrected chi connectivity index (χ4v) is 2.38. The molecule has 0 unspecified atom stereocenters. The molecule has 0 bridgehead atoms. The Morgan fingerprint density at radius 1 is 1.29 bits per heavy atom. The summed E-state index contributed by atoms with van der Waals surface area (Å²) in [4.78, 5) is 15.2. The van der Waals surface area contributed by atoms with Gasteiger partial charge in [0.15, 0.2) is 0 Å². The van der Waals surface area contributed by atoms with Gasteiger partial charge in [-0.3, -0.25) is 14.7 Å². The Hall–Kier alpha value is -3.20. The molecule has 6 heteroatoms. The third-order valence-corrected chi connectivity index (χ3v) is 3.27. The van der Waals surface area contributed by atoms with Crippen molar-refractivity contribution in [2.45, 2.75) is 6.92 Å². The van der Waals surface area contributed by atoms with Gasteiger partial charge in [0, 0.05) is 6.07 Å². The molecule has 0 saturated carbocycles. The fraction of sp³-hybridized carbons (Fsp3) is 0.0667. The van der Waals surface area contributed by atoms with E-state index in [9.17, 15) is 10.1 Å². The average molecular weight is 278 g/mol.